The largest absolute Gasteiger partial charge is 0.383 e. The molecule has 0 unspecified atom stereocenters. The maximum absolute atomic E-state index is 5.69. The van der Waals surface area contributed by atoms with E-state index >= 15 is 0 Å². The number of hydrogen-bond donors (Lipinski definition) is 2. The van der Waals surface area contributed by atoms with E-state index in [4.69, 9.17) is 11.5 Å². The van der Waals surface area contributed by atoms with E-state index in [2.05, 4.69) is 28.7 Å². The third kappa shape index (κ3) is 2.60. The summed E-state index contributed by atoms with van der Waals surface area (Å²) < 4.78 is 0. The summed E-state index contributed by atoms with van der Waals surface area (Å²) in [5.41, 5.74) is 11.8. The average Bonchev–Trinajstić information content (AvgIpc) is 2.29. The van der Waals surface area contributed by atoms with Gasteiger partial charge in [-0.1, -0.05) is 20.3 Å². The summed E-state index contributed by atoms with van der Waals surface area (Å²) >= 11 is 0. The van der Waals surface area contributed by atoms with Crippen molar-refractivity contribution in [2.24, 2.45) is 5.41 Å². The first-order chi connectivity index (χ1) is 8.02. The van der Waals surface area contributed by atoms with Crippen LogP contribution in [0.2, 0.25) is 0 Å². The van der Waals surface area contributed by atoms with Crippen LogP contribution >= 0.6 is 0 Å². The fourth-order valence-corrected chi connectivity index (χ4v) is 2.26. The first-order valence-corrected chi connectivity index (χ1v) is 6.17. The topological polar surface area (TPSA) is 81.1 Å². The van der Waals surface area contributed by atoms with E-state index in [1.807, 2.05) is 0 Å². The fraction of sp³-hybridized carbons (Fsp3) is 0.667. The van der Waals surface area contributed by atoms with Crippen molar-refractivity contribution in [3.05, 3.63) is 6.07 Å². The van der Waals surface area contributed by atoms with Crippen LogP contribution in [-0.2, 0) is 0 Å². The van der Waals surface area contributed by atoms with Crippen molar-refractivity contribution >= 4 is 17.6 Å². The second kappa shape index (κ2) is 4.39. The molecule has 1 saturated heterocycles. The third-order valence-corrected chi connectivity index (χ3v) is 3.90. The highest BCUT2D eigenvalue weighted by atomic mass is 15.2. The van der Waals surface area contributed by atoms with Gasteiger partial charge in [0.1, 0.15) is 11.6 Å². The van der Waals surface area contributed by atoms with Gasteiger partial charge in [0, 0.05) is 19.2 Å². The number of nitrogens with two attached hydrogens (primary N) is 2. The minimum Gasteiger partial charge on any atom is -0.383 e. The third-order valence-electron chi connectivity index (χ3n) is 3.90. The van der Waals surface area contributed by atoms with Crippen LogP contribution in [0.3, 0.4) is 0 Å². The van der Waals surface area contributed by atoms with Gasteiger partial charge < -0.3 is 16.4 Å². The van der Waals surface area contributed by atoms with Gasteiger partial charge in [-0.25, -0.2) is 0 Å². The maximum Gasteiger partial charge on any atom is 0.223 e. The van der Waals surface area contributed by atoms with E-state index in [1.54, 1.807) is 6.07 Å². The molecule has 1 aromatic heterocycles. The summed E-state index contributed by atoms with van der Waals surface area (Å²) in [5, 5.41) is 0. The first kappa shape index (κ1) is 12.0. The Hall–Kier alpha value is -1.52. The molecule has 17 heavy (non-hydrogen) atoms. The van der Waals surface area contributed by atoms with Gasteiger partial charge in [0.2, 0.25) is 5.95 Å². The maximum atomic E-state index is 5.69. The highest BCUT2D eigenvalue weighted by Crippen LogP contribution is 2.35. The van der Waals surface area contributed by atoms with Crippen molar-refractivity contribution in [1.82, 2.24) is 9.97 Å². The molecule has 1 fully saturated rings. The van der Waals surface area contributed by atoms with Crippen LogP contribution in [0.1, 0.15) is 33.1 Å². The molecule has 1 aliphatic heterocycles. The SMILES string of the molecule is CCC1(C)CCN(c2cc(N)nc(N)n2)CC1. The lowest BCUT2D eigenvalue weighted by atomic mass is 9.78. The molecule has 94 valence electrons. The number of nitrogens with zero attached hydrogens (tertiary/aromatic N) is 3. The molecule has 0 bridgehead atoms. The summed E-state index contributed by atoms with van der Waals surface area (Å²) in [6, 6.07) is 1.80. The Balaban J connectivity index is 2.10. The predicted octanol–water partition coefficient (Wildman–Crippen LogP) is 1.66. The van der Waals surface area contributed by atoms with Crippen LogP contribution in [0.5, 0.6) is 0 Å². The number of aromatic nitrogens is 2. The van der Waals surface area contributed by atoms with Gasteiger partial charge in [-0.05, 0) is 18.3 Å². The lowest BCUT2D eigenvalue weighted by Crippen LogP contribution is -2.39. The number of rotatable bonds is 2. The van der Waals surface area contributed by atoms with Gasteiger partial charge in [-0.2, -0.15) is 9.97 Å². The molecular formula is C12H21N5. The Kier molecular flexibility index (Phi) is 3.09. The Morgan fingerprint density at radius 1 is 1.29 bits per heavy atom. The summed E-state index contributed by atoms with van der Waals surface area (Å²) in [5.74, 6) is 1.55. The molecule has 1 aromatic rings. The van der Waals surface area contributed by atoms with E-state index in [-0.39, 0.29) is 5.95 Å². The molecule has 5 heteroatoms. The molecule has 2 rings (SSSR count). The Morgan fingerprint density at radius 3 is 2.47 bits per heavy atom. The molecule has 5 nitrogen and oxygen atoms in total. The molecule has 0 aliphatic carbocycles. The van der Waals surface area contributed by atoms with Crippen LogP contribution in [0, 0.1) is 5.41 Å². The van der Waals surface area contributed by atoms with Gasteiger partial charge in [-0.15, -0.1) is 0 Å². The lowest BCUT2D eigenvalue weighted by Gasteiger charge is -2.39. The Bertz CT molecular complexity index is 376. The minimum atomic E-state index is 0.254. The zero-order chi connectivity index (χ0) is 12.5. The fourth-order valence-electron chi connectivity index (χ4n) is 2.26. The molecule has 1 aliphatic rings. The Labute approximate surface area is 102 Å². The van der Waals surface area contributed by atoms with Crippen LogP contribution in [0.25, 0.3) is 0 Å². The van der Waals surface area contributed by atoms with Crippen molar-refractivity contribution in [3.63, 3.8) is 0 Å². The minimum absolute atomic E-state index is 0.254. The first-order valence-electron chi connectivity index (χ1n) is 6.17. The van der Waals surface area contributed by atoms with E-state index in [9.17, 15) is 0 Å². The molecule has 0 amide bonds. The smallest absolute Gasteiger partial charge is 0.223 e. The Morgan fingerprint density at radius 2 is 1.94 bits per heavy atom. The summed E-state index contributed by atoms with van der Waals surface area (Å²) in [4.78, 5) is 10.4. The van der Waals surface area contributed by atoms with Gasteiger partial charge in [0.25, 0.3) is 0 Å². The van der Waals surface area contributed by atoms with Crippen molar-refractivity contribution in [3.8, 4) is 0 Å². The molecule has 0 radical (unpaired) electrons. The van der Waals surface area contributed by atoms with Crippen LogP contribution in [0.15, 0.2) is 6.07 Å². The van der Waals surface area contributed by atoms with Gasteiger partial charge in [0.15, 0.2) is 0 Å². The molecular weight excluding hydrogens is 214 g/mol. The molecule has 0 atom stereocenters. The molecule has 4 N–H and O–H groups in total. The van der Waals surface area contributed by atoms with E-state index in [1.165, 1.54) is 19.3 Å². The lowest BCUT2D eigenvalue weighted by molar-refractivity contribution is 0.238. The zero-order valence-electron chi connectivity index (χ0n) is 10.6. The quantitative estimate of drug-likeness (QED) is 0.814. The summed E-state index contributed by atoms with van der Waals surface area (Å²) in [6.45, 7) is 6.64. The number of anilines is 3. The molecule has 2 heterocycles. The van der Waals surface area contributed by atoms with E-state index < -0.39 is 0 Å². The second-order valence-electron chi connectivity index (χ2n) is 5.16. The second-order valence-corrected chi connectivity index (χ2v) is 5.16. The summed E-state index contributed by atoms with van der Waals surface area (Å²) in [6.07, 6.45) is 3.61. The summed E-state index contributed by atoms with van der Waals surface area (Å²) in [7, 11) is 0. The van der Waals surface area contributed by atoms with Gasteiger partial charge in [-0.3, -0.25) is 0 Å². The van der Waals surface area contributed by atoms with Crippen LogP contribution in [-0.4, -0.2) is 23.1 Å². The monoisotopic (exact) mass is 235 g/mol. The predicted molar refractivity (Wildman–Crippen MR) is 70.7 cm³/mol. The molecule has 0 spiro atoms. The van der Waals surface area contributed by atoms with Crippen molar-refractivity contribution in [1.29, 1.82) is 0 Å². The molecule has 0 saturated carbocycles. The highest BCUT2D eigenvalue weighted by molar-refractivity contribution is 5.50. The standard InChI is InChI=1S/C12H21N5/c1-3-12(2)4-6-17(7-5-12)10-8-9(13)15-11(14)16-10/h8H,3-7H2,1-2H3,(H4,13,14,15,16). The van der Waals surface area contributed by atoms with Crippen LogP contribution in [0.4, 0.5) is 17.6 Å². The van der Waals surface area contributed by atoms with Crippen molar-refractivity contribution < 1.29 is 0 Å². The zero-order valence-corrected chi connectivity index (χ0v) is 10.6. The normalized spacial score (nSPS) is 19.3. The number of hydrogen-bond acceptors (Lipinski definition) is 5. The average molecular weight is 235 g/mol. The van der Waals surface area contributed by atoms with E-state index in [0.717, 1.165) is 18.9 Å². The molecule has 0 aromatic carbocycles. The highest BCUT2D eigenvalue weighted by Gasteiger charge is 2.28. The van der Waals surface area contributed by atoms with Gasteiger partial charge in [0.05, 0.1) is 0 Å². The van der Waals surface area contributed by atoms with Crippen molar-refractivity contribution in [2.45, 2.75) is 33.1 Å². The number of nitrogen functional groups attached to an aromatic ring is 2. The van der Waals surface area contributed by atoms with Gasteiger partial charge >= 0.3 is 0 Å². The van der Waals surface area contributed by atoms with Crippen molar-refractivity contribution in [2.75, 3.05) is 29.5 Å². The number of piperidine rings is 1. The van der Waals surface area contributed by atoms with Crippen LogP contribution < -0.4 is 16.4 Å². The van der Waals surface area contributed by atoms with E-state index in [0.29, 0.717) is 11.2 Å².